The second-order valence-corrected chi connectivity index (χ2v) is 4.01. The topological polar surface area (TPSA) is 54.7 Å². The minimum atomic E-state index is 0.620. The van der Waals surface area contributed by atoms with E-state index in [4.69, 9.17) is 5.73 Å². The lowest BCUT2D eigenvalue weighted by Crippen LogP contribution is -2.04. The molecule has 0 aliphatic carbocycles. The highest BCUT2D eigenvalue weighted by Crippen LogP contribution is 2.23. The summed E-state index contributed by atoms with van der Waals surface area (Å²) >= 11 is 3.34. The number of benzene rings is 1. The van der Waals surface area contributed by atoms with Gasteiger partial charge in [-0.15, -0.1) is 0 Å². The van der Waals surface area contributed by atoms with E-state index in [0.717, 1.165) is 28.1 Å². The standard InChI is InChI=1S/C11H12BrN3/c12-11-14-9(6-7-13)10(15-11)8-4-2-1-3-5-8/h1-5H,6-7,13H2,(H,14,15). The average molecular weight is 266 g/mol. The second kappa shape index (κ2) is 4.59. The molecule has 0 spiro atoms. The van der Waals surface area contributed by atoms with Crippen LogP contribution in [0.4, 0.5) is 0 Å². The molecule has 1 aromatic carbocycles. The Morgan fingerprint density at radius 1 is 1.27 bits per heavy atom. The molecule has 2 rings (SSSR count). The number of rotatable bonds is 3. The van der Waals surface area contributed by atoms with Crippen molar-refractivity contribution in [2.75, 3.05) is 6.54 Å². The lowest BCUT2D eigenvalue weighted by Gasteiger charge is -2.00. The van der Waals surface area contributed by atoms with Gasteiger partial charge in [0.1, 0.15) is 0 Å². The van der Waals surface area contributed by atoms with E-state index in [1.807, 2.05) is 30.3 Å². The van der Waals surface area contributed by atoms with Gasteiger partial charge in [-0.2, -0.15) is 0 Å². The van der Waals surface area contributed by atoms with Gasteiger partial charge < -0.3 is 10.7 Å². The molecule has 2 aromatic rings. The molecule has 78 valence electrons. The van der Waals surface area contributed by atoms with Crippen molar-refractivity contribution in [1.29, 1.82) is 0 Å². The number of hydrogen-bond acceptors (Lipinski definition) is 2. The average Bonchev–Trinajstić information content (AvgIpc) is 2.62. The quantitative estimate of drug-likeness (QED) is 0.895. The number of hydrogen-bond donors (Lipinski definition) is 2. The van der Waals surface area contributed by atoms with Crippen molar-refractivity contribution in [3.8, 4) is 11.3 Å². The zero-order chi connectivity index (χ0) is 10.7. The van der Waals surface area contributed by atoms with Crippen LogP contribution in [0.5, 0.6) is 0 Å². The summed E-state index contributed by atoms with van der Waals surface area (Å²) in [6, 6.07) is 10.1. The van der Waals surface area contributed by atoms with Crippen LogP contribution in [0, 0.1) is 0 Å². The number of nitrogens with two attached hydrogens (primary N) is 1. The lowest BCUT2D eigenvalue weighted by atomic mass is 10.1. The predicted molar refractivity (Wildman–Crippen MR) is 64.5 cm³/mol. The molecule has 15 heavy (non-hydrogen) atoms. The SMILES string of the molecule is NCCc1[nH]c(Br)nc1-c1ccccc1. The maximum absolute atomic E-state index is 5.55. The number of H-pyrrole nitrogens is 1. The van der Waals surface area contributed by atoms with Crippen molar-refractivity contribution in [2.45, 2.75) is 6.42 Å². The Balaban J connectivity index is 2.43. The summed E-state index contributed by atoms with van der Waals surface area (Å²) in [6.45, 7) is 0.620. The van der Waals surface area contributed by atoms with E-state index in [2.05, 4.69) is 25.9 Å². The van der Waals surface area contributed by atoms with Crippen molar-refractivity contribution in [3.63, 3.8) is 0 Å². The van der Waals surface area contributed by atoms with Crippen LogP contribution in [-0.4, -0.2) is 16.5 Å². The maximum Gasteiger partial charge on any atom is 0.175 e. The van der Waals surface area contributed by atoms with Crippen LogP contribution < -0.4 is 5.73 Å². The smallest absolute Gasteiger partial charge is 0.175 e. The van der Waals surface area contributed by atoms with Crippen molar-refractivity contribution < 1.29 is 0 Å². The van der Waals surface area contributed by atoms with Gasteiger partial charge in [0.05, 0.1) is 5.69 Å². The van der Waals surface area contributed by atoms with E-state index >= 15 is 0 Å². The third kappa shape index (κ3) is 2.27. The maximum atomic E-state index is 5.55. The number of aromatic nitrogens is 2. The largest absolute Gasteiger partial charge is 0.336 e. The molecule has 0 atom stereocenters. The molecular weight excluding hydrogens is 254 g/mol. The second-order valence-electron chi connectivity index (χ2n) is 3.26. The van der Waals surface area contributed by atoms with Crippen LogP contribution in [0.1, 0.15) is 5.69 Å². The van der Waals surface area contributed by atoms with E-state index in [0.29, 0.717) is 6.54 Å². The molecule has 0 aliphatic rings. The molecule has 4 heteroatoms. The zero-order valence-corrected chi connectivity index (χ0v) is 9.79. The van der Waals surface area contributed by atoms with Gasteiger partial charge in [0.25, 0.3) is 0 Å². The van der Waals surface area contributed by atoms with E-state index in [1.165, 1.54) is 0 Å². The monoisotopic (exact) mass is 265 g/mol. The van der Waals surface area contributed by atoms with Crippen LogP contribution in [0.15, 0.2) is 35.1 Å². The first kappa shape index (κ1) is 10.4. The molecule has 0 radical (unpaired) electrons. The molecule has 1 aromatic heterocycles. The van der Waals surface area contributed by atoms with Gasteiger partial charge in [-0.05, 0) is 22.5 Å². The third-order valence-corrected chi connectivity index (χ3v) is 2.57. The Morgan fingerprint density at radius 2 is 2.00 bits per heavy atom. The van der Waals surface area contributed by atoms with Crippen LogP contribution >= 0.6 is 15.9 Å². The van der Waals surface area contributed by atoms with Gasteiger partial charge in [-0.3, -0.25) is 0 Å². The normalized spacial score (nSPS) is 10.5. The fourth-order valence-electron chi connectivity index (χ4n) is 1.54. The number of nitrogens with zero attached hydrogens (tertiary/aromatic N) is 1. The van der Waals surface area contributed by atoms with Crippen LogP contribution in [0.25, 0.3) is 11.3 Å². The summed E-state index contributed by atoms with van der Waals surface area (Å²) in [5.41, 5.74) is 8.73. The molecule has 0 bridgehead atoms. The number of halogens is 1. The molecular formula is C11H12BrN3. The van der Waals surface area contributed by atoms with Crippen molar-refractivity contribution in [3.05, 3.63) is 40.8 Å². The summed E-state index contributed by atoms with van der Waals surface area (Å²) in [5.74, 6) is 0. The molecule has 0 fully saturated rings. The van der Waals surface area contributed by atoms with Crippen molar-refractivity contribution in [1.82, 2.24) is 9.97 Å². The van der Waals surface area contributed by atoms with Crippen LogP contribution in [0.2, 0.25) is 0 Å². The molecule has 0 aliphatic heterocycles. The van der Waals surface area contributed by atoms with Gasteiger partial charge >= 0.3 is 0 Å². The Bertz CT molecular complexity index is 436. The number of nitrogens with one attached hydrogen (secondary N) is 1. The third-order valence-electron chi connectivity index (χ3n) is 2.19. The predicted octanol–water partition coefficient (Wildman–Crippen LogP) is 2.34. The minimum Gasteiger partial charge on any atom is -0.336 e. The first-order valence-electron chi connectivity index (χ1n) is 4.81. The highest BCUT2D eigenvalue weighted by atomic mass is 79.9. The summed E-state index contributed by atoms with van der Waals surface area (Å²) in [7, 11) is 0. The fourth-order valence-corrected chi connectivity index (χ4v) is 1.95. The summed E-state index contributed by atoms with van der Waals surface area (Å²) < 4.78 is 0.754. The first-order valence-corrected chi connectivity index (χ1v) is 5.60. The minimum absolute atomic E-state index is 0.620. The van der Waals surface area contributed by atoms with E-state index in [-0.39, 0.29) is 0 Å². The Hall–Kier alpha value is -1.13. The molecule has 1 heterocycles. The zero-order valence-electron chi connectivity index (χ0n) is 8.20. The van der Waals surface area contributed by atoms with Gasteiger partial charge in [0, 0.05) is 17.7 Å². The van der Waals surface area contributed by atoms with E-state index in [1.54, 1.807) is 0 Å². The van der Waals surface area contributed by atoms with Gasteiger partial charge in [-0.25, -0.2) is 4.98 Å². The molecule has 0 amide bonds. The summed E-state index contributed by atoms with van der Waals surface area (Å²) in [4.78, 5) is 7.57. The highest BCUT2D eigenvalue weighted by Gasteiger charge is 2.09. The fraction of sp³-hybridized carbons (Fsp3) is 0.182. The molecule has 3 N–H and O–H groups in total. The number of imidazole rings is 1. The van der Waals surface area contributed by atoms with E-state index < -0.39 is 0 Å². The first-order chi connectivity index (χ1) is 7.31. The van der Waals surface area contributed by atoms with Crippen molar-refractivity contribution >= 4 is 15.9 Å². The highest BCUT2D eigenvalue weighted by molar-refractivity contribution is 9.10. The molecule has 3 nitrogen and oxygen atoms in total. The van der Waals surface area contributed by atoms with E-state index in [9.17, 15) is 0 Å². The molecule has 0 saturated heterocycles. The Morgan fingerprint density at radius 3 is 2.67 bits per heavy atom. The van der Waals surface area contributed by atoms with Gasteiger partial charge in [0.2, 0.25) is 0 Å². The number of aromatic amines is 1. The molecule has 0 unspecified atom stereocenters. The van der Waals surface area contributed by atoms with Gasteiger partial charge in [-0.1, -0.05) is 30.3 Å². The lowest BCUT2D eigenvalue weighted by molar-refractivity contribution is 0.934. The molecule has 0 saturated carbocycles. The van der Waals surface area contributed by atoms with Crippen LogP contribution in [0.3, 0.4) is 0 Å². The van der Waals surface area contributed by atoms with Crippen LogP contribution in [-0.2, 0) is 6.42 Å². The van der Waals surface area contributed by atoms with Crippen molar-refractivity contribution in [2.24, 2.45) is 5.73 Å². The Labute approximate surface area is 96.9 Å². The Kier molecular flexibility index (Phi) is 3.18. The summed E-state index contributed by atoms with van der Waals surface area (Å²) in [6.07, 6.45) is 0.808. The summed E-state index contributed by atoms with van der Waals surface area (Å²) in [5, 5.41) is 0. The van der Waals surface area contributed by atoms with Gasteiger partial charge in [0.15, 0.2) is 4.73 Å².